The first-order chi connectivity index (χ1) is 9.19. The van der Waals surface area contributed by atoms with Crippen molar-refractivity contribution in [3.63, 3.8) is 0 Å². The molecule has 2 rings (SSSR count). The van der Waals surface area contributed by atoms with Crippen LogP contribution in [0.2, 0.25) is 0 Å². The maximum atomic E-state index is 5.55. The Balaban J connectivity index is 1.94. The van der Waals surface area contributed by atoms with Gasteiger partial charge in [-0.25, -0.2) is 9.97 Å². The van der Waals surface area contributed by atoms with E-state index < -0.39 is 0 Å². The lowest BCUT2D eigenvalue weighted by Crippen LogP contribution is -2.38. The SMILES string of the molecule is CN1CCCC(CN(C)c2ccnc(CCN)n2)C1. The zero-order chi connectivity index (χ0) is 13.7. The molecule has 1 atom stereocenters. The van der Waals surface area contributed by atoms with E-state index in [1.807, 2.05) is 12.3 Å². The minimum absolute atomic E-state index is 0.598. The lowest BCUT2D eigenvalue weighted by Gasteiger charge is -2.32. The zero-order valence-electron chi connectivity index (χ0n) is 12.0. The average molecular weight is 263 g/mol. The number of likely N-dealkylation sites (tertiary alicyclic amines) is 1. The number of hydrogen-bond acceptors (Lipinski definition) is 5. The van der Waals surface area contributed by atoms with Crippen molar-refractivity contribution in [3.05, 3.63) is 18.1 Å². The van der Waals surface area contributed by atoms with E-state index in [4.69, 9.17) is 5.73 Å². The van der Waals surface area contributed by atoms with Crippen LogP contribution in [0.3, 0.4) is 0 Å². The average Bonchev–Trinajstić information content (AvgIpc) is 2.39. The summed E-state index contributed by atoms with van der Waals surface area (Å²) < 4.78 is 0. The number of piperidine rings is 1. The quantitative estimate of drug-likeness (QED) is 0.850. The highest BCUT2D eigenvalue weighted by atomic mass is 15.2. The number of rotatable bonds is 5. The molecule has 1 fully saturated rings. The fraction of sp³-hybridized carbons (Fsp3) is 0.714. The van der Waals surface area contributed by atoms with Crippen LogP contribution in [-0.4, -0.2) is 55.1 Å². The Kier molecular flexibility index (Phi) is 5.10. The summed E-state index contributed by atoms with van der Waals surface area (Å²) >= 11 is 0. The minimum atomic E-state index is 0.598. The maximum absolute atomic E-state index is 5.55. The zero-order valence-corrected chi connectivity index (χ0v) is 12.0. The van der Waals surface area contributed by atoms with E-state index in [1.165, 1.54) is 25.9 Å². The molecule has 0 aliphatic carbocycles. The van der Waals surface area contributed by atoms with Crippen LogP contribution in [0, 0.1) is 5.92 Å². The molecular weight excluding hydrogens is 238 g/mol. The fourth-order valence-electron chi connectivity index (χ4n) is 2.75. The molecule has 0 spiro atoms. The Morgan fingerprint density at radius 1 is 1.53 bits per heavy atom. The third-order valence-corrected chi connectivity index (χ3v) is 3.70. The molecule has 2 heterocycles. The molecule has 2 N–H and O–H groups in total. The topological polar surface area (TPSA) is 58.3 Å². The predicted octanol–water partition coefficient (Wildman–Crippen LogP) is 0.756. The molecule has 1 aromatic heterocycles. The van der Waals surface area contributed by atoms with Gasteiger partial charge in [-0.05, 0) is 45.0 Å². The minimum Gasteiger partial charge on any atom is -0.359 e. The smallest absolute Gasteiger partial charge is 0.131 e. The Hall–Kier alpha value is -1.20. The molecule has 1 aliphatic rings. The summed E-state index contributed by atoms with van der Waals surface area (Å²) in [5, 5.41) is 0. The van der Waals surface area contributed by atoms with Gasteiger partial charge in [-0.1, -0.05) is 0 Å². The molecule has 1 saturated heterocycles. The van der Waals surface area contributed by atoms with Crippen molar-refractivity contribution in [2.75, 3.05) is 45.2 Å². The molecule has 0 aromatic carbocycles. The van der Waals surface area contributed by atoms with E-state index in [-0.39, 0.29) is 0 Å². The van der Waals surface area contributed by atoms with Crippen molar-refractivity contribution < 1.29 is 0 Å². The summed E-state index contributed by atoms with van der Waals surface area (Å²) in [7, 11) is 4.32. The Morgan fingerprint density at radius 3 is 3.11 bits per heavy atom. The number of nitrogens with two attached hydrogens (primary N) is 1. The Labute approximate surface area is 115 Å². The van der Waals surface area contributed by atoms with Gasteiger partial charge in [0.15, 0.2) is 0 Å². The third-order valence-electron chi connectivity index (χ3n) is 3.70. The van der Waals surface area contributed by atoms with Crippen LogP contribution in [0.25, 0.3) is 0 Å². The highest BCUT2D eigenvalue weighted by Crippen LogP contribution is 2.18. The van der Waals surface area contributed by atoms with Gasteiger partial charge in [0.1, 0.15) is 11.6 Å². The standard InChI is InChI=1S/C14H25N5/c1-18-9-3-4-12(10-18)11-19(2)14-6-8-16-13(17-14)5-7-15/h6,8,12H,3-5,7,9-11,15H2,1-2H3. The Bertz CT molecular complexity index is 395. The normalized spacial score (nSPS) is 20.5. The summed E-state index contributed by atoms with van der Waals surface area (Å²) in [6.45, 7) is 4.07. The molecule has 5 nitrogen and oxygen atoms in total. The number of aromatic nitrogens is 2. The Morgan fingerprint density at radius 2 is 2.37 bits per heavy atom. The molecule has 19 heavy (non-hydrogen) atoms. The monoisotopic (exact) mass is 263 g/mol. The van der Waals surface area contributed by atoms with Crippen LogP contribution in [0.1, 0.15) is 18.7 Å². The molecule has 0 saturated carbocycles. The van der Waals surface area contributed by atoms with Gasteiger partial charge in [-0.3, -0.25) is 0 Å². The summed E-state index contributed by atoms with van der Waals surface area (Å²) in [5.41, 5.74) is 5.55. The van der Waals surface area contributed by atoms with Crippen molar-refractivity contribution in [2.45, 2.75) is 19.3 Å². The van der Waals surface area contributed by atoms with Crippen LogP contribution in [0.15, 0.2) is 12.3 Å². The van der Waals surface area contributed by atoms with E-state index >= 15 is 0 Å². The van der Waals surface area contributed by atoms with Gasteiger partial charge in [0.05, 0.1) is 0 Å². The van der Waals surface area contributed by atoms with E-state index in [0.29, 0.717) is 6.54 Å². The summed E-state index contributed by atoms with van der Waals surface area (Å²) in [6, 6.07) is 1.98. The van der Waals surface area contributed by atoms with Gasteiger partial charge >= 0.3 is 0 Å². The van der Waals surface area contributed by atoms with Gasteiger partial charge in [0, 0.05) is 32.8 Å². The second kappa shape index (κ2) is 6.82. The van der Waals surface area contributed by atoms with Gasteiger partial charge < -0.3 is 15.5 Å². The summed E-state index contributed by atoms with van der Waals surface area (Å²) in [5.74, 6) is 2.58. The van der Waals surface area contributed by atoms with E-state index in [9.17, 15) is 0 Å². The second-order valence-electron chi connectivity index (χ2n) is 5.52. The van der Waals surface area contributed by atoms with Crippen molar-refractivity contribution >= 4 is 5.82 Å². The van der Waals surface area contributed by atoms with Crippen molar-refractivity contribution in [1.29, 1.82) is 0 Å². The second-order valence-corrected chi connectivity index (χ2v) is 5.52. The van der Waals surface area contributed by atoms with E-state index in [2.05, 4.69) is 33.9 Å². The molecule has 0 radical (unpaired) electrons. The number of nitrogens with zero attached hydrogens (tertiary/aromatic N) is 4. The molecule has 1 aliphatic heterocycles. The first-order valence-corrected chi connectivity index (χ1v) is 7.10. The van der Waals surface area contributed by atoms with E-state index in [1.54, 1.807) is 0 Å². The molecule has 1 aromatic rings. The molecule has 5 heteroatoms. The molecule has 1 unspecified atom stereocenters. The molecule has 0 amide bonds. The van der Waals surface area contributed by atoms with Crippen LogP contribution in [0.5, 0.6) is 0 Å². The summed E-state index contributed by atoms with van der Waals surface area (Å²) in [6.07, 6.45) is 5.19. The van der Waals surface area contributed by atoms with Crippen LogP contribution in [0.4, 0.5) is 5.82 Å². The largest absolute Gasteiger partial charge is 0.359 e. The highest BCUT2D eigenvalue weighted by Gasteiger charge is 2.19. The fourth-order valence-corrected chi connectivity index (χ4v) is 2.75. The lowest BCUT2D eigenvalue weighted by atomic mass is 9.98. The summed E-state index contributed by atoms with van der Waals surface area (Å²) in [4.78, 5) is 13.5. The van der Waals surface area contributed by atoms with Gasteiger partial charge in [-0.2, -0.15) is 0 Å². The van der Waals surface area contributed by atoms with Crippen molar-refractivity contribution in [2.24, 2.45) is 11.7 Å². The predicted molar refractivity (Wildman–Crippen MR) is 78.3 cm³/mol. The third kappa shape index (κ3) is 4.14. The van der Waals surface area contributed by atoms with Gasteiger partial charge in [0.25, 0.3) is 0 Å². The van der Waals surface area contributed by atoms with Crippen LogP contribution in [-0.2, 0) is 6.42 Å². The first-order valence-electron chi connectivity index (χ1n) is 7.10. The lowest BCUT2D eigenvalue weighted by molar-refractivity contribution is 0.213. The maximum Gasteiger partial charge on any atom is 0.131 e. The van der Waals surface area contributed by atoms with Gasteiger partial charge in [0.2, 0.25) is 0 Å². The van der Waals surface area contributed by atoms with E-state index in [0.717, 1.165) is 30.5 Å². The highest BCUT2D eigenvalue weighted by molar-refractivity contribution is 5.36. The first kappa shape index (κ1) is 14.2. The molecule has 0 bridgehead atoms. The molecular formula is C14H25N5. The van der Waals surface area contributed by atoms with Gasteiger partial charge in [-0.15, -0.1) is 0 Å². The number of hydrogen-bond donors (Lipinski definition) is 1. The van der Waals surface area contributed by atoms with Crippen LogP contribution < -0.4 is 10.6 Å². The van der Waals surface area contributed by atoms with Crippen molar-refractivity contribution in [3.8, 4) is 0 Å². The molecule has 106 valence electrons. The van der Waals surface area contributed by atoms with Crippen molar-refractivity contribution in [1.82, 2.24) is 14.9 Å². The van der Waals surface area contributed by atoms with Crippen LogP contribution >= 0.6 is 0 Å². The number of anilines is 1.